The maximum atomic E-state index is 13.6. The zero-order valence-electron chi connectivity index (χ0n) is 11.0. The smallest absolute Gasteiger partial charge is 0.337 e. The van der Waals surface area contributed by atoms with E-state index in [1.54, 1.807) is 13.0 Å². The molecule has 2 N–H and O–H groups in total. The van der Waals surface area contributed by atoms with Crippen LogP contribution in [-0.4, -0.2) is 19.5 Å². The molecular formula is C14H12FNO4S. The van der Waals surface area contributed by atoms with Crippen molar-refractivity contribution < 1.29 is 22.7 Å². The van der Waals surface area contributed by atoms with Gasteiger partial charge >= 0.3 is 5.97 Å². The van der Waals surface area contributed by atoms with Gasteiger partial charge in [0.05, 0.1) is 11.3 Å². The second kappa shape index (κ2) is 5.53. The Labute approximate surface area is 121 Å². The topological polar surface area (TPSA) is 83.5 Å². The summed E-state index contributed by atoms with van der Waals surface area (Å²) in [7, 11) is -4.20. The Kier molecular flexibility index (Phi) is 3.95. The van der Waals surface area contributed by atoms with E-state index in [-0.39, 0.29) is 11.3 Å². The van der Waals surface area contributed by atoms with Gasteiger partial charge in [-0.15, -0.1) is 0 Å². The predicted molar refractivity (Wildman–Crippen MR) is 75.3 cm³/mol. The largest absolute Gasteiger partial charge is 0.478 e. The first-order valence-electron chi connectivity index (χ1n) is 5.92. The van der Waals surface area contributed by atoms with Gasteiger partial charge in [0.15, 0.2) is 0 Å². The summed E-state index contributed by atoms with van der Waals surface area (Å²) in [6.07, 6.45) is 0. The Balaban J connectivity index is 2.47. The molecule has 21 heavy (non-hydrogen) atoms. The number of benzene rings is 2. The molecule has 0 bridgehead atoms. The second-order valence-electron chi connectivity index (χ2n) is 4.39. The van der Waals surface area contributed by atoms with Crippen LogP contribution < -0.4 is 4.72 Å². The summed E-state index contributed by atoms with van der Waals surface area (Å²) < 4.78 is 40.0. The van der Waals surface area contributed by atoms with E-state index < -0.39 is 26.7 Å². The average molecular weight is 309 g/mol. The summed E-state index contributed by atoms with van der Waals surface area (Å²) >= 11 is 0. The number of hydrogen-bond donors (Lipinski definition) is 2. The lowest BCUT2D eigenvalue weighted by atomic mass is 10.1. The molecule has 2 aromatic carbocycles. The Hall–Kier alpha value is -2.41. The molecule has 0 fully saturated rings. The molecule has 7 heteroatoms. The van der Waals surface area contributed by atoms with Gasteiger partial charge in [0.25, 0.3) is 10.0 Å². The normalized spacial score (nSPS) is 11.1. The third-order valence-electron chi connectivity index (χ3n) is 2.78. The molecule has 0 aliphatic carbocycles. The molecule has 0 saturated carbocycles. The average Bonchev–Trinajstić information content (AvgIpc) is 2.40. The molecule has 0 radical (unpaired) electrons. The fraction of sp³-hybridized carbons (Fsp3) is 0.0714. The summed E-state index contributed by atoms with van der Waals surface area (Å²) in [5, 5.41) is 9.10. The summed E-state index contributed by atoms with van der Waals surface area (Å²) in [5.74, 6) is -2.18. The molecule has 0 aliphatic heterocycles. The Bertz CT molecular complexity index is 802. The Morgan fingerprint density at radius 1 is 1.19 bits per heavy atom. The van der Waals surface area contributed by atoms with Gasteiger partial charge in [-0.3, -0.25) is 4.72 Å². The van der Waals surface area contributed by atoms with E-state index in [4.69, 9.17) is 5.11 Å². The van der Waals surface area contributed by atoms with E-state index in [0.717, 1.165) is 12.1 Å². The van der Waals surface area contributed by atoms with Crippen LogP contribution in [0.1, 0.15) is 15.9 Å². The highest BCUT2D eigenvalue weighted by molar-refractivity contribution is 7.92. The van der Waals surface area contributed by atoms with Crippen LogP contribution in [0.5, 0.6) is 0 Å². The number of aromatic carboxylic acids is 1. The SMILES string of the molecule is Cc1ccc(NS(=O)(=O)c2ccccc2F)c(C(=O)O)c1. The first kappa shape index (κ1) is 15.0. The fourth-order valence-corrected chi connectivity index (χ4v) is 2.95. The standard InChI is InChI=1S/C14H12FNO4S/c1-9-6-7-12(10(8-9)14(17)18)16-21(19,20)13-5-3-2-4-11(13)15/h2-8,16H,1H3,(H,17,18). The summed E-state index contributed by atoms with van der Waals surface area (Å²) in [6.45, 7) is 1.68. The third-order valence-corrected chi connectivity index (χ3v) is 4.17. The van der Waals surface area contributed by atoms with E-state index in [1.807, 2.05) is 0 Å². The molecule has 0 atom stereocenters. The number of sulfonamides is 1. The van der Waals surface area contributed by atoms with Gasteiger partial charge in [-0.05, 0) is 31.2 Å². The highest BCUT2D eigenvalue weighted by atomic mass is 32.2. The molecular weight excluding hydrogens is 297 g/mol. The number of hydrogen-bond acceptors (Lipinski definition) is 3. The van der Waals surface area contributed by atoms with Crippen molar-refractivity contribution in [2.45, 2.75) is 11.8 Å². The van der Waals surface area contributed by atoms with Crippen LogP contribution in [0.2, 0.25) is 0 Å². The van der Waals surface area contributed by atoms with Crippen molar-refractivity contribution in [1.29, 1.82) is 0 Å². The van der Waals surface area contributed by atoms with Crippen molar-refractivity contribution in [3.63, 3.8) is 0 Å². The number of carbonyl (C=O) groups is 1. The van der Waals surface area contributed by atoms with E-state index in [2.05, 4.69) is 4.72 Å². The number of carboxylic acid groups (broad SMARTS) is 1. The zero-order chi connectivity index (χ0) is 15.6. The Morgan fingerprint density at radius 2 is 1.86 bits per heavy atom. The first-order valence-corrected chi connectivity index (χ1v) is 7.41. The minimum absolute atomic E-state index is 0.114. The lowest BCUT2D eigenvalue weighted by molar-refractivity contribution is 0.0698. The van der Waals surface area contributed by atoms with Crippen LogP contribution in [0.25, 0.3) is 0 Å². The molecule has 0 amide bonds. The molecule has 2 aromatic rings. The highest BCUT2D eigenvalue weighted by Gasteiger charge is 2.21. The number of carboxylic acids is 1. The van der Waals surface area contributed by atoms with E-state index in [1.165, 1.54) is 24.3 Å². The van der Waals surface area contributed by atoms with Crippen molar-refractivity contribution in [2.24, 2.45) is 0 Å². The van der Waals surface area contributed by atoms with Crippen molar-refractivity contribution >= 4 is 21.7 Å². The van der Waals surface area contributed by atoms with E-state index in [9.17, 15) is 17.6 Å². The number of halogens is 1. The number of aryl methyl sites for hydroxylation is 1. The van der Waals surface area contributed by atoms with Crippen molar-refractivity contribution in [3.05, 3.63) is 59.4 Å². The maximum Gasteiger partial charge on any atom is 0.337 e. The molecule has 5 nitrogen and oxygen atoms in total. The monoisotopic (exact) mass is 309 g/mol. The maximum absolute atomic E-state index is 13.6. The molecule has 0 unspecified atom stereocenters. The van der Waals surface area contributed by atoms with Gasteiger partial charge in [0, 0.05) is 0 Å². The van der Waals surface area contributed by atoms with Crippen LogP contribution >= 0.6 is 0 Å². The summed E-state index contributed by atoms with van der Waals surface area (Å²) in [4.78, 5) is 10.6. The van der Waals surface area contributed by atoms with Gasteiger partial charge < -0.3 is 5.11 Å². The van der Waals surface area contributed by atoms with Crippen LogP contribution in [0, 0.1) is 12.7 Å². The van der Waals surface area contributed by atoms with Gasteiger partial charge in [0.2, 0.25) is 0 Å². The number of anilines is 1. The zero-order valence-corrected chi connectivity index (χ0v) is 11.8. The number of nitrogens with one attached hydrogen (secondary N) is 1. The number of rotatable bonds is 4. The van der Waals surface area contributed by atoms with Gasteiger partial charge in [-0.25, -0.2) is 17.6 Å². The summed E-state index contributed by atoms with van der Waals surface area (Å²) in [5.41, 5.74) is 0.354. The van der Waals surface area contributed by atoms with Crippen LogP contribution in [-0.2, 0) is 10.0 Å². The lowest BCUT2D eigenvalue weighted by Gasteiger charge is -2.11. The second-order valence-corrected chi connectivity index (χ2v) is 6.04. The Morgan fingerprint density at radius 3 is 2.48 bits per heavy atom. The van der Waals surface area contributed by atoms with E-state index >= 15 is 0 Å². The van der Waals surface area contributed by atoms with Crippen LogP contribution in [0.3, 0.4) is 0 Å². The van der Waals surface area contributed by atoms with Crippen LogP contribution in [0.4, 0.5) is 10.1 Å². The highest BCUT2D eigenvalue weighted by Crippen LogP contribution is 2.22. The van der Waals surface area contributed by atoms with Gasteiger partial charge in [-0.2, -0.15) is 0 Å². The van der Waals surface area contributed by atoms with Crippen molar-refractivity contribution in [2.75, 3.05) is 4.72 Å². The molecule has 0 spiro atoms. The molecule has 2 rings (SSSR count). The first-order chi connectivity index (χ1) is 9.81. The molecule has 0 aromatic heterocycles. The fourth-order valence-electron chi connectivity index (χ4n) is 1.79. The minimum atomic E-state index is -4.20. The third kappa shape index (κ3) is 3.19. The minimum Gasteiger partial charge on any atom is -0.478 e. The molecule has 110 valence electrons. The van der Waals surface area contributed by atoms with E-state index in [0.29, 0.717) is 5.56 Å². The van der Waals surface area contributed by atoms with Gasteiger partial charge in [0.1, 0.15) is 10.7 Å². The molecule has 0 saturated heterocycles. The lowest BCUT2D eigenvalue weighted by Crippen LogP contribution is -2.17. The van der Waals surface area contributed by atoms with Crippen molar-refractivity contribution in [3.8, 4) is 0 Å². The quantitative estimate of drug-likeness (QED) is 0.909. The van der Waals surface area contributed by atoms with Crippen LogP contribution in [0.15, 0.2) is 47.4 Å². The van der Waals surface area contributed by atoms with Gasteiger partial charge in [-0.1, -0.05) is 23.8 Å². The molecule has 0 aliphatic rings. The predicted octanol–water partition coefficient (Wildman–Crippen LogP) is 2.63. The summed E-state index contributed by atoms with van der Waals surface area (Å²) in [6, 6.07) is 9.09. The molecule has 0 heterocycles. The van der Waals surface area contributed by atoms with Crippen molar-refractivity contribution in [1.82, 2.24) is 0 Å².